The van der Waals surface area contributed by atoms with Crippen molar-refractivity contribution in [1.82, 2.24) is 15.2 Å². The smallest absolute Gasteiger partial charge is 0.213 e. The van der Waals surface area contributed by atoms with Gasteiger partial charge < -0.3 is 15.0 Å². The van der Waals surface area contributed by atoms with Gasteiger partial charge in [-0.3, -0.25) is 0 Å². The number of rotatable bonds is 5. The summed E-state index contributed by atoms with van der Waals surface area (Å²) >= 11 is 0. The number of hydrogen-bond donors (Lipinski definition) is 1. The third-order valence-corrected chi connectivity index (χ3v) is 2.97. The maximum Gasteiger partial charge on any atom is 0.213 e. The van der Waals surface area contributed by atoms with Crippen LogP contribution >= 0.6 is 0 Å². The topological polar surface area (TPSA) is 37.4 Å². The van der Waals surface area contributed by atoms with Crippen LogP contribution in [-0.2, 0) is 6.42 Å². The summed E-state index contributed by atoms with van der Waals surface area (Å²) in [6.45, 7) is 8.24. The Morgan fingerprint density at radius 1 is 1.35 bits per heavy atom. The number of pyridine rings is 1. The number of hydrogen-bond acceptors (Lipinski definition) is 4. The highest BCUT2D eigenvalue weighted by Crippen LogP contribution is 2.08. The highest BCUT2D eigenvalue weighted by atomic mass is 16.5. The molecule has 1 aromatic rings. The van der Waals surface area contributed by atoms with Crippen molar-refractivity contribution in [2.45, 2.75) is 13.3 Å². The Hall–Kier alpha value is -1.13. The highest BCUT2D eigenvalue weighted by Gasteiger charge is 2.09. The molecule has 1 saturated heterocycles. The van der Waals surface area contributed by atoms with E-state index in [-0.39, 0.29) is 0 Å². The van der Waals surface area contributed by atoms with E-state index in [0.29, 0.717) is 6.61 Å². The van der Waals surface area contributed by atoms with Gasteiger partial charge in [0, 0.05) is 50.9 Å². The minimum absolute atomic E-state index is 0.675. The summed E-state index contributed by atoms with van der Waals surface area (Å²) in [5.41, 5.74) is 1.12. The molecule has 1 N–H and O–H groups in total. The third kappa shape index (κ3) is 3.98. The SMILES string of the molecule is CCOc1cccc(CCN2CCNCC2)n1. The lowest BCUT2D eigenvalue weighted by molar-refractivity contribution is 0.243. The van der Waals surface area contributed by atoms with E-state index in [1.807, 2.05) is 19.1 Å². The standard InChI is InChI=1S/C13H21N3O/c1-2-17-13-5-3-4-12(15-13)6-9-16-10-7-14-8-11-16/h3-5,14H,2,6-11H2,1H3. The monoisotopic (exact) mass is 235 g/mol. The van der Waals surface area contributed by atoms with Gasteiger partial charge in [0.05, 0.1) is 6.61 Å². The van der Waals surface area contributed by atoms with Crippen LogP contribution in [0, 0.1) is 0 Å². The molecule has 0 bridgehead atoms. The highest BCUT2D eigenvalue weighted by molar-refractivity contribution is 5.16. The maximum atomic E-state index is 5.40. The molecule has 0 atom stereocenters. The van der Waals surface area contributed by atoms with Gasteiger partial charge in [0.15, 0.2) is 0 Å². The zero-order valence-electron chi connectivity index (χ0n) is 10.5. The van der Waals surface area contributed by atoms with E-state index >= 15 is 0 Å². The summed E-state index contributed by atoms with van der Waals surface area (Å²) < 4.78 is 5.40. The van der Waals surface area contributed by atoms with Crippen LogP contribution in [0.2, 0.25) is 0 Å². The van der Waals surface area contributed by atoms with Crippen molar-refractivity contribution < 1.29 is 4.74 Å². The third-order valence-electron chi connectivity index (χ3n) is 2.97. The lowest BCUT2D eigenvalue weighted by Gasteiger charge is -2.26. The van der Waals surface area contributed by atoms with Crippen LogP contribution in [0.1, 0.15) is 12.6 Å². The Balaban J connectivity index is 1.83. The Morgan fingerprint density at radius 3 is 2.94 bits per heavy atom. The molecule has 0 saturated carbocycles. The minimum atomic E-state index is 0.675. The zero-order valence-corrected chi connectivity index (χ0v) is 10.5. The average Bonchev–Trinajstić information content (AvgIpc) is 2.39. The first kappa shape index (κ1) is 12.3. The van der Waals surface area contributed by atoms with E-state index in [9.17, 15) is 0 Å². The van der Waals surface area contributed by atoms with Crippen LogP contribution in [0.3, 0.4) is 0 Å². The van der Waals surface area contributed by atoms with Crippen molar-refractivity contribution >= 4 is 0 Å². The molecule has 1 aliphatic heterocycles. The molecular weight excluding hydrogens is 214 g/mol. The van der Waals surface area contributed by atoms with Crippen molar-refractivity contribution in [1.29, 1.82) is 0 Å². The van der Waals surface area contributed by atoms with Gasteiger partial charge in [0.1, 0.15) is 0 Å². The van der Waals surface area contributed by atoms with Gasteiger partial charge in [-0.05, 0) is 13.0 Å². The van der Waals surface area contributed by atoms with Gasteiger partial charge in [-0.2, -0.15) is 0 Å². The number of ether oxygens (including phenoxy) is 1. The Morgan fingerprint density at radius 2 is 2.18 bits per heavy atom. The van der Waals surface area contributed by atoms with Crippen LogP contribution in [0.4, 0.5) is 0 Å². The summed E-state index contributed by atoms with van der Waals surface area (Å²) in [7, 11) is 0. The molecule has 0 spiro atoms. The predicted molar refractivity (Wildman–Crippen MR) is 68.4 cm³/mol. The summed E-state index contributed by atoms with van der Waals surface area (Å²) in [5, 5.41) is 3.36. The number of aromatic nitrogens is 1. The molecule has 4 heteroatoms. The van der Waals surface area contributed by atoms with Gasteiger partial charge in [-0.15, -0.1) is 0 Å². The first-order valence-corrected chi connectivity index (χ1v) is 6.40. The van der Waals surface area contributed by atoms with Gasteiger partial charge in [0.25, 0.3) is 0 Å². The van der Waals surface area contributed by atoms with Crippen LogP contribution in [0.25, 0.3) is 0 Å². The molecule has 1 aromatic heterocycles. The van der Waals surface area contributed by atoms with Crippen LogP contribution in [0.15, 0.2) is 18.2 Å². The summed E-state index contributed by atoms with van der Waals surface area (Å²) in [6, 6.07) is 6.01. The van der Waals surface area contributed by atoms with Crippen LogP contribution in [-0.4, -0.2) is 49.2 Å². The molecule has 0 radical (unpaired) electrons. The van der Waals surface area contributed by atoms with Gasteiger partial charge >= 0.3 is 0 Å². The summed E-state index contributed by atoms with van der Waals surface area (Å²) in [4.78, 5) is 6.96. The molecule has 1 fully saturated rings. The molecule has 94 valence electrons. The van der Waals surface area contributed by atoms with Crippen molar-refractivity contribution in [3.63, 3.8) is 0 Å². The van der Waals surface area contributed by atoms with Crippen molar-refractivity contribution in [2.75, 3.05) is 39.3 Å². The molecule has 0 aromatic carbocycles. The quantitative estimate of drug-likeness (QED) is 0.824. The molecule has 4 nitrogen and oxygen atoms in total. The fraction of sp³-hybridized carbons (Fsp3) is 0.615. The second-order valence-corrected chi connectivity index (χ2v) is 4.24. The first-order valence-electron chi connectivity index (χ1n) is 6.40. The Bertz CT molecular complexity index is 337. The molecule has 17 heavy (non-hydrogen) atoms. The van der Waals surface area contributed by atoms with E-state index < -0.39 is 0 Å². The molecular formula is C13H21N3O. The summed E-state index contributed by atoms with van der Waals surface area (Å²) in [6.07, 6.45) is 1.00. The molecule has 0 amide bonds. The number of piperazine rings is 1. The van der Waals surface area contributed by atoms with Crippen molar-refractivity contribution in [3.05, 3.63) is 23.9 Å². The van der Waals surface area contributed by atoms with Crippen LogP contribution < -0.4 is 10.1 Å². The molecule has 1 aliphatic rings. The fourth-order valence-electron chi connectivity index (χ4n) is 2.03. The predicted octanol–water partition coefficient (Wildman–Crippen LogP) is 0.928. The molecule has 0 unspecified atom stereocenters. The normalized spacial score (nSPS) is 17.0. The Kier molecular flexibility index (Phi) is 4.76. The first-order chi connectivity index (χ1) is 8.38. The number of nitrogens with one attached hydrogen (secondary N) is 1. The van der Waals surface area contributed by atoms with E-state index in [2.05, 4.69) is 21.3 Å². The lowest BCUT2D eigenvalue weighted by Crippen LogP contribution is -2.44. The largest absolute Gasteiger partial charge is 0.478 e. The average molecular weight is 235 g/mol. The van der Waals surface area contributed by atoms with Gasteiger partial charge in [-0.25, -0.2) is 4.98 Å². The maximum absolute atomic E-state index is 5.40. The second kappa shape index (κ2) is 6.57. The van der Waals surface area contributed by atoms with E-state index in [0.717, 1.165) is 50.7 Å². The van der Waals surface area contributed by atoms with E-state index in [1.165, 1.54) is 0 Å². The molecule has 2 heterocycles. The van der Waals surface area contributed by atoms with Crippen molar-refractivity contribution in [3.8, 4) is 5.88 Å². The second-order valence-electron chi connectivity index (χ2n) is 4.24. The fourth-order valence-corrected chi connectivity index (χ4v) is 2.03. The molecule has 2 rings (SSSR count). The van der Waals surface area contributed by atoms with Gasteiger partial charge in [-0.1, -0.05) is 6.07 Å². The number of nitrogens with zero attached hydrogens (tertiary/aromatic N) is 2. The van der Waals surface area contributed by atoms with Crippen molar-refractivity contribution in [2.24, 2.45) is 0 Å². The van der Waals surface area contributed by atoms with E-state index in [4.69, 9.17) is 4.74 Å². The lowest BCUT2D eigenvalue weighted by atomic mass is 10.2. The minimum Gasteiger partial charge on any atom is -0.478 e. The van der Waals surface area contributed by atoms with E-state index in [1.54, 1.807) is 0 Å². The zero-order chi connectivity index (χ0) is 11.9. The molecule has 0 aliphatic carbocycles. The van der Waals surface area contributed by atoms with Gasteiger partial charge in [0.2, 0.25) is 5.88 Å². The summed E-state index contributed by atoms with van der Waals surface area (Å²) in [5.74, 6) is 0.741. The van der Waals surface area contributed by atoms with Crippen LogP contribution in [0.5, 0.6) is 5.88 Å². The Labute approximate surface area is 103 Å².